The number of hydrogen-bond acceptors (Lipinski definition) is 5. The highest BCUT2D eigenvalue weighted by Crippen LogP contribution is 2.18. The predicted molar refractivity (Wildman–Crippen MR) is 74.4 cm³/mol. The number of primary amides is 1. The quantitative estimate of drug-likeness (QED) is 0.428. The molecule has 1 aromatic carbocycles. The van der Waals surface area contributed by atoms with Gasteiger partial charge in [-0.3, -0.25) is 15.0 Å². The van der Waals surface area contributed by atoms with Crippen molar-refractivity contribution in [2.45, 2.75) is 13.5 Å². The zero-order chi connectivity index (χ0) is 15.4. The topological polar surface area (TPSA) is 121 Å². The van der Waals surface area contributed by atoms with Gasteiger partial charge in [0.2, 0.25) is 5.91 Å². The van der Waals surface area contributed by atoms with Gasteiger partial charge in [0.1, 0.15) is 18.1 Å². The Kier molecular flexibility index (Phi) is 4.24. The number of benzene rings is 1. The van der Waals surface area contributed by atoms with Gasteiger partial charge in [-0.1, -0.05) is 6.07 Å². The van der Waals surface area contributed by atoms with Crippen LogP contribution in [0.15, 0.2) is 34.7 Å². The van der Waals surface area contributed by atoms with Crippen molar-refractivity contribution in [3.05, 3.63) is 53.0 Å². The molecule has 2 amide bonds. The van der Waals surface area contributed by atoms with Crippen molar-refractivity contribution >= 4 is 11.8 Å². The van der Waals surface area contributed by atoms with Crippen LogP contribution in [0.1, 0.15) is 32.2 Å². The van der Waals surface area contributed by atoms with Crippen LogP contribution in [-0.4, -0.2) is 11.8 Å². The maximum Gasteiger partial charge on any atom is 0.301 e. The van der Waals surface area contributed by atoms with Crippen LogP contribution in [0.4, 0.5) is 0 Å². The second-order valence-electron chi connectivity index (χ2n) is 4.38. The molecule has 7 nitrogen and oxygen atoms in total. The lowest BCUT2D eigenvalue weighted by Gasteiger charge is -2.05. The number of ether oxygens (including phenoxy) is 1. The van der Waals surface area contributed by atoms with E-state index in [1.807, 2.05) is 5.43 Å². The summed E-state index contributed by atoms with van der Waals surface area (Å²) in [5.41, 5.74) is 8.20. The van der Waals surface area contributed by atoms with Crippen molar-refractivity contribution in [2.75, 3.05) is 0 Å². The molecule has 1 heterocycles. The fourth-order valence-corrected chi connectivity index (χ4v) is 1.80. The van der Waals surface area contributed by atoms with Gasteiger partial charge < -0.3 is 14.9 Å². The van der Waals surface area contributed by atoms with Gasteiger partial charge in [0, 0.05) is 11.1 Å². The number of carbonyl (C=O) groups excluding carboxylic acids is 2. The molecular formula is C14H15N3O4. The first-order valence-corrected chi connectivity index (χ1v) is 6.14. The molecular weight excluding hydrogens is 274 g/mol. The average Bonchev–Trinajstić information content (AvgIpc) is 2.85. The number of rotatable bonds is 5. The fourth-order valence-electron chi connectivity index (χ4n) is 1.80. The molecule has 0 atom stereocenters. The van der Waals surface area contributed by atoms with Crippen molar-refractivity contribution < 1.29 is 18.7 Å². The maximum atomic E-state index is 11.4. The van der Waals surface area contributed by atoms with Crippen molar-refractivity contribution in [3.8, 4) is 5.75 Å². The van der Waals surface area contributed by atoms with E-state index < -0.39 is 11.8 Å². The van der Waals surface area contributed by atoms with Gasteiger partial charge in [0.25, 0.3) is 0 Å². The monoisotopic (exact) mass is 289 g/mol. The molecule has 0 saturated carbocycles. The summed E-state index contributed by atoms with van der Waals surface area (Å²) in [5.74, 6) is 5.11. The molecule has 5 N–H and O–H groups in total. The first-order chi connectivity index (χ1) is 10.0. The predicted octanol–water partition coefficient (Wildman–Crippen LogP) is 0.869. The molecule has 0 fully saturated rings. The maximum absolute atomic E-state index is 11.4. The number of hydrazine groups is 1. The number of hydrogen-bond donors (Lipinski definition) is 3. The first-order valence-electron chi connectivity index (χ1n) is 6.14. The van der Waals surface area contributed by atoms with Gasteiger partial charge in [-0.25, -0.2) is 5.84 Å². The molecule has 0 aliphatic heterocycles. The molecule has 2 aromatic rings. The van der Waals surface area contributed by atoms with Crippen LogP contribution in [0.5, 0.6) is 5.75 Å². The Balaban J connectivity index is 2.08. The molecule has 7 heteroatoms. The Bertz CT molecular complexity index is 679. The Hall–Kier alpha value is -2.80. The first kappa shape index (κ1) is 14.6. The summed E-state index contributed by atoms with van der Waals surface area (Å²) < 4.78 is 10.9. The smallest absolute Gasteiger partial charge is 0.301 e. The van der Waals surface area contributed by atoms with E-state index in [1.165, 1.54) is 6.07 Å². The molecule has 2 rings (SSSR count). The summed E-state index contributed by atoms with van der Waals surface area (Å²) in [5, 5.41) is 0. The van der Waals surface area contributed by atoms with Gasteiger partial charge in [-0.2, -0.15) is 0 Å². The van der Waals surface area contributed by atoms with Gasteiger partial charge in [0.05, 0.1) is 0 Å². The van der Waals surface area contributed by atoms with Crippen LogP contribution in [-0.2, 0) is 6.61 Å². The van der Waals surface area contributed by atoms with Crippen LogP contribution in [0.3, 0.4) is 0 Å². The lowest BCUT2D eigenvalue weighted by atomic mass is 10.2. The second kappa shape index (κ2) is 6.10. The molecule has 0 unspecified atom stereocenters. The number of amides is 2. The largest absolute Gasteiger partial charge is 0.486 e. The van der Waals surface area contributed by atoms with E-state index in [0.717, 1.165) is 0 Å². The normalized spacial score (nSPS) is 10.2. The third-order valence-electron chi connectivity index (χ3n) is 2.81. The molecule has 110 valence electrons. The van der Waals surface area contributed by atoms with Crippen molar-refractivity contribution in [2.24, 2.45) is 11.6 Å². The Morgan fingerprint density at radius 3 is 2.76 bits per heavy atom. The van der Waals surface area contributed by atoms with Gasteiger partial charge in [-0.05, 0) is 31.2 Å². The summed E-state index contributed by atoms with van der Waals surface area (Å²) >= 11 is 0. The fraction of sp³-hybridized carbons (Fsp3) is 0.143. The standard InChI is InChI=1S/C14H15N3O4/c1-8-5-11(21-12(8)14(19)17-16)7-20-10-4-2-3-9(6-10)13(15)18/h2-6H,7,16H2,1H3,(H2,15,18)(H,17,19). The van der Waals surface area contributed by atoms with E-state index in [1.54, 1.807) is 31.2 Å². The van der Waals surface area contributed by atoms with Crippen molar-refractivity contribution in [1.29, 1.82) is 0 Å². The lowest BCUT2D eigenvalue weighted by molar-refractivity contribution is 0.0920. The van der Waals surface area contributed by atoms with E-state index in [9.17, 15) is 9.59 Å². The van der Waals surface area contributed by atoms with Crippen LogP contribution in [0, 0.1) is 6.92 Å². The molecule has 0 radical (unpaired) electrons. The molecule has 0 saturated heterocycles. The summed E-state index contributed by atoms with van der Waals surface area (Å²) in [4.78, 5) is 22.5. The van der Waals surface area contributed by atoms with Gasteiger partial charge in [-0.15, -0.1) is 0 Å². The summed E-state index contributed by atoms with van der Waals surface area (Å²) in [6.45, 7) is 1.84. The van der Waals surface area contributed by atoms with Gasteiger partial charge in [0.15, 0.2) is 5.76 Å². The minimum atomic E-state index is -0.531. The average molecular weight is 289 g/mol. The van der Waals surface area contributed by atoms with Crippen LogP contribution in [0.25, 0.3) is 0 Å². The minimum absolute atomic E-state index is 0.112. The number of nitrogen functional groups attached to an aromatic ring is 1. The van der Waals surface area contributed by atoms with E-state index in [4.69, 9.17) is 20.7 Å². The lowest BCUT2D eigenvalue weighted by Crippen LogP contribution is -2.30. The molecule has 0 aliphatic carbocycles. The number of aryl methyl sites for hydroxylation is 1. The highest BCUT2D eigenvalue weighted by Gasteiger charge is 2.15. The zero-order valence-corrected chi connectivity index (χ0v) is 11.4. The Morgan fingerprint density at radius 2 is 2.10 bits per heavy atom. The molecule has 0 aliphatic rings. The highest BCUT2D eigenvalue weighted by molar-refractivity contribution is 5.93. The minimum Gasteiger partial charge on any atom is -0.486 e. The third kappa shape index (κ3) is 3.40. The van der Waals surface area contributed by atoms with E-state index in [-0.39, 0.29) is 12.4 Å². The van der Waals surface area contributed by atoms with Gasteiger partial charge >= 0.3 is 5.91 Å². The molecule has 0 spiro atoms. The number of nitrogens with two attached hydrogens (primary N) is 2. The van der Waals surface area contributed by atoms with Crippen LogP contribution >= 0.6 is 0 Å². The van der Waals surface area contributed by atoms with Crippen molar-refractivity contribution in [3.63, 3.8) is 0 Å². The zero-order valence-electron chi connectivity index (χ0n) is 11.4. The SMILES string of the molecule is Cc1cc(COc2cccc(C(N)=O)c2)oc1C(=O)NN. The molecule has 21 heavy (non-hydrogen) atoms. The Labute approximate surface area is 120 Å². The van der Waals surface area contributed by atoms with E-state index in [2.05, 4.69) is 0 Å². The summed E-state index contributed by atoms with van der Waals surface area (Å²) in [6, 6.07) is 8.16. The van der Waals surface area contributed by atoms with Crippen LogP contribution < -0.4 is 21.7 Å². The van der Waals surface area contributed by atoms with Crippen LogP contribution in [0.2, 0.25) is 0 Å². The van der Waals surface area contributed by atoms with E-state index in [0.29, 0.717) is 22.6 Å². The third-order valence-corrected chi connectivity index (χ3v) is 2.81. The second-order valence-corrected chi connectivity index (χ2v) is 4.38. The number of nitrogens with one attached hydrogen (secondary N) is 1. The molecule has 1 aromatic heterocycles. The summed E-state index contributed by atoms with van der Waals surface area (Å²) in [7, 11) is 0. The highest BCUT2D eigenvalue weighted by atomic mass is 16.5. The molecule has 0 bridgehead atoms. The van der Waals surface area contributed by atoms with Crippen molar-refractivity contribution in [1.82, 2.24) is 5.43 Å². The Morgan fingerprint density at radius 1 is 1.33 bits per heavy atom. The number of carbonyl (C=O) groups is 2. The summed E-state index contributed by atoms with van der Waals surface area (Å²) in [6.07, 6.45) is 0. The van der Waals surface area contributed by atoms with E-state index >= 15 is 0 Å². The number of furan rings is 1.